The number of nitrogens with zero attached hydrogens (tertiary/aromatic N) is 1. The maximum atomic E-state index is 5.14. The van der Waals surface area contributed by atoms with Gasteiger partial charge < -0.3 is 10.1 Å². The molecular formula is C19H26N2O. The molecule has 1 aromatic heterocycles. The normalized spacial score (nSPS) is 14.3. The number of rotatable bonds is 5. The third-order valence-corrected chi connectivity index (χ3v) is 4.86. The van der Waals surface area contributed by atoms with Gasteiger partial charge in [-0.3, -0.25) is 4.98 Å². The number of hydrogen-bond acceptors (Lipinski definition) is 3. The second-order valence-electron chi connectivity index (χ2n) is 6.30. The van der Waals surface area contributed by atoms with E-state index in [0.29, 0.717) is 0 Å². The van der Waals surface area contributed by atoms with E-state index in [9.17, 15) is 0 Å². The fourth-order valence-corrected chi connectivity index (χ4v) is 3.41. The van der Waals surface area contributed by atoms with Gasteiger partial charge in [-0.1, -0.05) is 12.1 Å². The number of fused-ring (bicyclic) bond motifs is 2. The molecule has 2 aromatic rings. The fraction of sp³-hybridized carbons (Fsp3) is 0.526. The lowest BCUT2D eigenvalue weighted by Crippen LogP contribution is -2.21. The SMILES string of the molecule is COCCNCc1c2c(nc3c(C)c(C)ccc13)CCCC2. The van der Waals surface area contributed by atoms with Crippen molar-refractivity contribution >= 4 is 10.9 Å². The van der Waals surface area contributed by atoms with Crippen molar-refractivity contribution in [3.05, 3.63) is 40.1 Å². The molecule has 118 valence electrons. The average Bonchev–Trinajstić information content (AvgIpc) is 2.54. The molecule has 0 amide bonds. The van der Waals surface area contributed by atoms with Crippen LogP contribution in [0.2, 0.25) is 0 Å². The van der Waals surface area contributed by atoms with Crippen molar-refractivity contribution in [1.82, 2.24) is 10.3 Å². The molecule has 0 saturated heterocycles. The summed E-state index contributed by atoms with van der Waals surface area (Å²) >= 11 is 0. The first-order valence-electron chi connectivity index (χ1n) is 8.32. The van der Waals surface area contributed by atoms with E-state index in [1.54, 1.807) is 7.11 Å². The Labute approximate surface area is 133 Å². The van der Waals surface area contributed by atoms with Gasteiger partial charge in [0.05, 0.1) is 12.1 Å². The highest BCUT2D eigenvalue weighted by atomic mass is 16.5. The number of aromatic nitrogens is 1. The van der Waals surface area contributed by atoms with Gasteiger partial charge in [0, 0.05) is 31.3 Å². The first kappa shape index (κ1) is 15.4. The molecule has 1 aliphatic carbocycles. The highest BCUT2D eigenvalue weighted by molar-refractivity contribution is 5.87. The van der Waals surface area contributed by atoms with Gasteiger partial charge in [0.15, 0.2) is 0 Å². The molecule has 0 aliphatic heterocycles. The molecule has 0 spiro atoms. The van der Waals surface area contributed by atoms with Gasteiger partial charge in [0.2, 0.25) is 0 Å². The molecule has 3 rings (SSSR count). The maximum absolute atomic E-state index is 5.14. The quantitative estimate of drug-likeness (QED) is 0.858. The standard InChI is InChI=1S/C19H26N2O/c1-13-8-9-16-17(12-20-10-11-22-3)15-6-4-5-7-18(15)21-19(16)14(13)2/h8-9,20H,4-7,10-12H2,1-3H3. The Bertz CT molecular complexity index is 679. The zero-order valence-corrected chi connectivity index (χ0v) is 14.0. The summed E-state index contributed by atoms with van der Waals surface area (Å²) in [7, 11) is 1.75. The molecule has 1 N–H and O–H groups in total. The topological polar surface area (TPSA) is 34.1 Å². The van der Waals surface area contributed by atoms with Gasteiger partial charge in [-0.25, -0.2) is 0 Å². The third kappa shape index (κ3) is 2.88. The minimum Gasteiger partial charge on any atom is -0.383 e. The van der Waals surface area contributed by atoms with Gasteiger partial charge in [-0.05, 0) is 61.8 Å². The van der Waals surface area contributed by atoms with Crippen LogP contribution in [0, 0.1) is 13.8 Å². The zero-order chi connectivity index (χ0) is 15.5. The molecule has 0 bridgehead atoms. The Hall–Kier alpha value is -1.45. The summed E-state index contributed by atoms with van der Waals surface area (Å²) in [6.45, 7) is 6.92. The molecule has 22 heavy (non-hydrogen) atoms. The first-order chi connectivity index (χ1) is 10.7. The number of ether oxygens (including phenoxy) is 1. The summed E-state index contributed by atoms with van der Waals surface area (Å²) in [6, 6.07) is 4.49. The van der Waals surface area contributed by atoms with Gasteiger partial charge in [-0.2, -0.15) is 0 Å². The van der Waals surface area contributed by atoms with E-state index in [0.717, 1.165) is 26.1 Å². The number of hydrogen-bond donors (Lipinski definition) is 1. The highest BCUT2D eigenvalue weighted by Crippen LogP contribution is 2.31. The summed E-state index contributed by atoms with van der Waals surface area (Å²) in [6.07, 6.45) is 4.86. The van der Waals surface area contributed by atoms with E-state index >= 15 is 0 Å². The van der Waals surface area contributed by atoms with Crippen molar-refractivity contribution in [2.75, 3.05) is 20.3 Å². The second-order valence-corrected chi connectivity index (χ2v) is 6.30. The molecule has 0 unspecified atom stereocenters. The monoisotopic (exact) mass is 298 g/mol. The van der Waals surface area contributed by atoms with Crippen molar-refractivity contribution in [2.24, 2.45) is 0 Å². The third-order valence-electron chi connectivity index (χ3n) is 4.86. The van der Waals surface area contributed by atoms with Crippen molar-refractivity contribution in [1.29, 1.82) is 0 Å². The van der Waals surface area contributed by atoms with E-state index < -0.39 is 0 Å². The van der Waals surface area contributed by atoms with Crippen LogP contribution in [0.1, 0.15) is 40.8 Å². The molecule has 1 aromatic carbocycles. The fourth-order valence-electron chi connectivity index (χ4n) is 3.41. The Balaban J connectivity index is 2.07. The van der Waals surface area contributed by atoms with Crippen LogP contribution >= 0.6 is 0 Å². The molecule has 3 nitrogen and oxygen atoms in total. The lowest BCUT2D eigenvalue weighted by atomic mass is 9.88. The van der Waals surface area contributed by atoms with Crippen LogP contribution in [0.5, 0.6) is 0 Å². The second kappa shape index (κ2) is 6.76. The Morgan fingerprint density at radius 2 is 2.00 bits per heavy atom. The Morgan fingerprint density at radius 1 is 1.18 bits per heavy atom. The first-order valence-corrected chi connectivity index (χ1v) is 8.32. The molecule has 0 saturated carbocycles. The molecule has 1 aliphatic rings. The summed E-state index contributed by atoms with van der Waals surface area (Å²) in [5.41, 5.74) is 8.13. The van der Waals surface area contributed by atoms with Crippen molar-refractivity contribution in [3.63, 3.8) is 0 Å². The minimum absolute atomic E-state index is 0.753. The summed E-state index contributed by atoms with van der Waals surface area (Å²) in [4.78, 5) is 5.03. The van der Waals surface area contributed by atoms with Crippen LogP contribution in [0.4, 0.5) is 0 Å². The maximum Gasteiger partial charge on any atom is 0.0740 e. The van der Waals surface area contributed by atoms with Crippen LogP contribution in [-0.4, -0.2) is 25.2 Å². The van der Waals surface area contributed by atoms with Gasteiger partial charge in [0.25, 0.3) is 0 Å². The highest BCUT2D eigenvalue weighted by Gasteiger charge is 2.18. The smallest absolute Gasteiger partial charge is 0.0740 e. The Kier molecular flexibility index (Phi) is 4.74. The van der Waals surface area contributed by atoms with E-state index in [4.69, 9.17) is 9.72 Å². The van der Waals surface area contributed by atoms with Crippen LogP contribution in [0.15, 0.2) is 12.1 Å². The van der Waals surface area contributed by atoms with Crippen molar-refractivity contribution in [2.45, 2.75) is 46.1 Å². The lowest BCUT2D eigenvalue weighted by Gasteiger charge is -2.22. The van der Waals surface area contributed by atoms with Gasteiger partial charge in [0.1, 0.15) is 0 Å². The largest absolute Gasteiger partial charge is 0.383 e. The number of methoxy groups -OCH3 is 1. The molecule has 0 radical (unpaired) electrons. The number of nitrogens with one attached hydrogen (secondary N) is 1. The van der Waals surface area contributed by atoms with Crippen molar-refractivity contribution in [3.8, 4) is 0 Å². The predicted octanol–water partition coefficient (Wildman–Crippen LogP) is 3.47. The average molecular weight is 298 g/mol. The van der Waals surface area contributed by atoms with Gasteiger partial charge >= 0.3 is 0 Å². The van der Waals surface area contributed by atoms with Crippen molar-refractivity contribution < 1.29 is 4.74 Å². The minimum atomic E-state index is 0.753. The van der Waals surface area contributed by atoms with Crippen LogP contribution < -0.4 is 5.32 Å². The molecule has 0 fully saturated rings. The van der Waals surface area contributed by atoms with E-state index in [1.807, 2.05) is 0 Å². The predicted molar refractivity (Wildman–Crippen MR) is 91.4 cm³/mol. The number of pyridine rings is 1. The van der Waals surface area contributed by atoms with E-state index in [-0.39, 0.29) is 0 Å². The number of benzene rings is 1. The van der Waals surface area contributed by atoms with Crippen LogP contribution in [0.25, 0.3) is 10.9 Å². The number of aryl methyl sites for hydroxylation is 3. The summed E-state index contributed by atoms with van der Waals surface area (Å²) < 4.78 is 5.14. The van der Waals surface area contributed by atoms with Crippen LogP contribution in [-0.2, 0) is 24.1 Å². The summed E-state index contributed by atoms with van der Waals surface area (Å²) in [5.74, 6) is 0. The molecular weight excluding hydrogens is 272 g/mol. The van der Waals surface area contributed by atoms with E-state index in [2.05, 4.69) is 31.3 Å². The van der Waals surface area contributed by atoms with Gasteiger partial charge in [-0.15, -0.1) is 0 Å². The lowest BCUT2D eigenvalue weighted by molar-refractivity contribution is 0.199. The summed E-state index contributed by atoms with van der Waals surface area (Å²) in [5, 5.41) is 4.85. The molecule has 1 heterocycles. The zero-order valence-electron chi connectivity index (χ0n) is 14.0. The van der Waals surface area contributed by atoms with Crippen LogP contribution in [0.3, 0.4) is 0 Å². The molecule has 3 heteroatoms. The molecule has 0 atom stereocenters. The van der Waals surface area contributed by atoms with E-state index in [1.165, 1.54) is 58.1 Å². The Morgan fingerprint density at radius 3 is 2.82 bits per heavy atom.